The van der Waals surface area contributed by atoms with Crippen LogP contribution in [0.4, 0.5) is 5.69 Å². The van der Waals surface area contributed by atoms with Gasteiger partial charge in [0.15, 0.2) is 6.04 Å². The van der Waals surface area contributed by atoms with Crippen molar-refractivity contribution in [1.82, 2.24) is 0 Å². The average Bonchev–Trinajstić information content (AvgIpc) is 2.82. The van der Waals surface area contributed by atoms with Gasteiger partial charge >= 0.3 is 5.97 Å². The van der Waals surface area contributed by atoms with Gasteiger partial charge in [-0.05, 0) is 55.5 Å². The number of thiophene rings is 1. The van der Waals surface area contributed by atoms with Crippen molar-refractivity contribution in [2.24, 2.45) is 0 Å². The molecular formula is C16H19NO2S. The summed E-state index contributed by atoms with van der Waals surface area (Å²) in [6.07, 6.45) is 0. The largest absolute Gasteiger partial charge is 0.464 e. The Morgan fingerprint density at radius 1 is 1.35 bits per heavy atom. The normalized spacial score (nSPS) is 11.9. The average molecular weight is 289 g/mol. The Morgan fingerprint density at radius 2 is 2.15 bits per heavy atom. The highest BCUT2D eigenvalue weighted by Crippen LogP contribution is 2.28. The van der Waals surface area contributed by atoms with Crippen LogP contribution in [0.2, 0.25) is 0 Å². The number of esters is 1. The maximum atomic E-state index is 12.2. The number of nitrogens with one attached hydrogen (secondary N) is 1. The molecule has 0 aliphatic rings. The van der Waals surface area contributed by atoms with Gasteiger partial charge in [-0.1, -0.05) is 12.1 Å². The number of hydrogen-bond donors (Lipinski definition) is 1. The Balaban J connectivity index is 2.28. The van der Waals surface area contributed by atoms with Crippen molar-refractivity contribution in [1.29, 1.82) is 0 Å². The number of hydrogen-bond acceptors (Lipinski definition) is 4. The summed E-state index contributed by atoms with van der Waals surface area (Å²) in [6, 6.07) is 9.56. The molecular weight excluding hydrogens is 270 g/mol. The monoisotopic (exact) mass is 289 g/mol. The second-order valence-corrected chi connectivity index (χ2v) is 5.61. The predicted molar refractivity (Wildman–Crippen MR) is 83.2 cm³/mol. The summed E-state index contributed by atoms with van der Waals surface area (Å²) in [6.45, 7) is 6.25. The zero-order valence-corrected chi connectivity index (χ0v) is 12.8. The van der Waals surface area contributed by atoms with Crippen molar-refractivity contribution in [3.63, 3.8) is 0 Å². The fraction of sp³-hybridized carbons (Fsp3) is 0.312. The van der Waals surface area contributed by atoms with E-state index in [1.165, 1.54) is 0 Å². The molecule has 4 heteroatoms. The SMILES string of the molecule is CCOC(=O)C(Nc1cccc(C)c1)c1sccc1C. The summed E-state index contributed by atoms with van der Waals surface area (Å²) in [5.74, 6) is -0.237. The molecule has 0 radical (unpaired) electrons. The summed E-state index contributed by atoms with van der Waals surface area (Å²) < 4.78 is 5.19. The molecule has 0 fully saturated rings. The molecule has 1 atom stereocenters. The third kappa shape index (κ3) is 3.39. The minimum absolute atomic E-state index is 0.237. The van der Waals surface area contributed by atoms with E-state index >= 15 is 0 Å². The minimum atomic E-state index is -0.447. The third-order valence-electron chi connectivity index (χ3n) is 3.02. The number of rotatable bonds is 5. The number of carbonyl (C=O) groups excluding carboxylic acids is 1. The van der Waals surface area contributed by atoms with E-state index in [2.05, 4.69) is 5.32 Å². The Kier molecular flexibility index (Phi) is 4.79. The number of carbonyl (C=O) groups is 1. The van der Waals surface area contributed by atoms with Crippen LogP contribution in [0.1, 0.15) is 29.0 Å². The highest BCUT2D eigenvalue weighted by atomic mass is 32.1. The van der Waals surface area contributed by atoms with Crippen molar-refractivity contribution < 1.29 is 9.53 Å². The second-order valence-electron chi connectivity index (χ2n) is 4.67. The van der Waals surface area contributed by atoms with Crippen LogP contribution in [-0.2, 0) is 9.53 Å². The lowest BCUT2D eigenvalue weighted by molar-refractivity contribution is -0.144. The summed E-state index contributed by atoms with van der Waals surface area (Å²) in [4.78, 5) is 13.2. The van der Waals surface area contributed by atoms with Crippen LogP contribution in [0.3, 0.4) is 0 Å². The van der Waals surface area contributed by atoms with E-state index < -0.39 is 6.04 Å². The fourth-order valence-corrected chi connectivity index (χ4v) is 3.00. The van der Waals surface area contributed by atoms with Crippen LogP contribution < -0.4 is 5.32 Å². The zero-order valence-electron chi connectivity index (χ0n) is 12.0. The molecule has 0 saturated carbocycles. The molecule has 0 aliphatic heterocycles. The van der Waals surface area contributed by atoms with Crippen molar-refractivity contribution >= 4 is 23.0 Å². The van der Waals surface area contributed by atoms with Crippen molar-refractivity contribution in [3.05, 3.63) is 51.7 Å². The molecule has 3 nitrogen and oxygen atoms in total. The van der Waals surface area contributed by atoms with E-state index in [-0.39, 0.29) is 5.97 Å². The van der Waals surface area contributed by atoms with Gasteiger partial charge in [-0.15, -0.1) is 11.3 Å². The van der Waals surface area contributed by atoms with E-state index in [4.69, 9.17) is 4.74 Å². The highest BCUT2D eigenvalue weighted by molar-refractivity contribution is 7.10. The molecule has 1 aromatic heterocycles. The van der Waals surface area contributed by atoms with E-state index in [9.17, 15) is 4.79 Å². The first-order valence-corrected chi connectivity index (χ1v) is 7.53. The van der Waals surface area contributed by atoms with E-state index in [0.29, 0.717) is 6.61 Å². The van der Waals surface area contributed by atoms with Crippen LogP contribution in [0.15, 0.2) is 35.7 Å². The minimum Gasteiger partial charge on any atom is -0.464 e. The van der Waals surface area contributed by atoms with Crippen LogP contribution in [0.25, 0.3) is 0 Å². The summed E-state index contributed by atoms with van der Waals surface area (Å²) >= 11 is 1.57. The molecule has 106 valence electrons. The molecule has 1 unspecified atom stereocenters. The Bertz CT molecular complexity index is 592. The molecule has 2 rings (SSSR count). The lowest BCUT2D eigenvalue weighted by Crippen LogP contribution is -2.23. The quantitative estimate of drug-likeness (QED) is 0.843. The Hall–Kier alpha value is -1.81. The van der Waals surface area contributed by atoms with Gasteiger partial charge in [-0.25, -0.2) is 4.79 Å². The molecule has 20 heavy (non-hydrogen) atoms. The fourth-order valence-electron chi connectivity index (χ4n) is 2.04. The highest BCUT2D eigenvalue weighted by Gasteiger charge is 2.24. The van der Waals surface area contributed by atoms with Crippen LogP contribution in [0, 0.1) is 13.8 Å². The lowest BCUT2D eigenvalue weighted by Gasteiger charge is -2.18. The maximum absolute atomic E-state index is 12.2. The van der Waals surface area contributed by atoms with Crippen LogP contribution in [-0.4, -0.2) is 12.6 Å². The van der Waals surface area contributed by atoms with Gasteiger partial charge in [-0.2, -0.15) is 0 Å². The first kappa shape index (κ1) is 14.6. The van der Waals surface area contributed by atoms with Gasteiger partial charge in [0.1, 0.15) is 0 Å². The molecule has 0 aliphatic carbocycles. The van der Waals surface area contributed by atoms with Gasteiger partial charge in [-0.3, -0.25) is 0 Å². The summed E-state index contributed by atoms with van der Waals surface area (Å²) in [5.41, 5.74) is 3.18. The Labute approximate surface area is 123 Å². The van der Waals surface area contributed by atoms with Gasteiger partial charge in [0.2, 0.25) is 0 Å². The van der Waals surface area contributed by atoms with Crippen molar-refractivity contribution in [2.45, 2.75) is 26.8 Å². The zero-order chi connectivity index (χ0) is 14.5. The maximum Gasteiger partial charge on any atom is 0.334 e. The van der Waals surface area contributed by atoms with Gasteiger partial charge < -0.3 is 10.1 Å². The van der Waals surface area contributed by atoms with Crippen molar-refractivity contribution in [3.8, 4) is 0 Å². The molecule has 0 saturated heterocycles. The van der Waals surface area contributed by atoms with Crippen LogP contribution in [0.5, 0.6) is 0 Å². The van der Waals surface area contributed by atoms with Gasteiger partial charge in [0.25, 0.3) is 0 Å². The molecule has 2 aromatic rings. The van der Waals surface area contributed by atoms with Gasteiger partial charge in [0.05, 0.1) is 6.61 Å². The topological polar surface area (TPSA) is 38.3 Å². The number of anilines is 1. The molecule has 1 aromatic carbocycles. The van der Waals surface area contributed by atoms with E-state index in [0.717, 1.165) is 21.7 Å². The van der Waals surface area contributed by atoms with E-state index in [1.54, 1.807) is 11.3 Å². The predicted octanol–water partition coefficient (Wildman–Crippen LogP) is 4.08. The first-order chi connectivity index (χ1) is 9.61. The first-order valence-electron chi connectivity index (χ1n) is 6.65. The van der Waals surface area contributed by atoms with E-state index in [1.807, 2.05) is 56.5 Å². The van der Waals surface area contributed by atoms with Crippen molar-refractivity contribution in [2.75, 3.05) is 11.9 Å². The van der Waals surface area contributed by atoms with Gasteiger partial charge in [0, 0.05) is 10.6 Å². The third-order valence-corrected chi connectivity index (χ3v) is 4.10. The number of ether oxygens (including phenoxy) is 1. The second kappa shape index (κ2) is 6.57. The molecule has 0 bridgehead atoms. The summed E-state index contributed by atoms with van der Waals surface area (Å²) in [7, 11) is 0. The van der Waals surface area contributed by atoms with Crippen LogP contribution >= 0.6 is 11.3 Å². The summed E-state index contributed by atoms with van der Waals surface area (Å²) in [5, 5.41) is 5.28. The number of benzene rings is 1. The molecule has 0 spiro atoms. The standard InChI is InChI=1S/C16H19NO2S/c1-4-19-16(18)14(15-12(3)8-9-20-15)17-13-7-5-6-11(2)10-13/h5-10,14,17H,4H2,1-3H3. The number of aryl methyl sites for hydroxylation is 2. The lowest BCUT2D eigenvalue weighted by atomic mass is 10.1. The Morgan fingerprint density at radius 3 is 2.75 bits per heavy atom. The molecule has 1 N–H and O–H groups in total. The molecule has 1 heterocycles. The smallest absolute Gasteiger partial charge is 0.334 e. The molecule has 0 amide bonds.